The lowest BCUT2D eigenvalue weighted by Gasteiger charge is -1.98. The van der Waals surface area contributed by atoms with Crippen molar-refractivity contribution in [3.63, 3.8) is 0 Å². The Balaban J connectivity index is 2.57. The van der Waals surface area contributed by atoms with Gasteiger partial charge in [-0.2, -0.15) is 0 Å². The Morgan fingerprint density at radius 1 is 1.73 bits per heavy atom. The normalized spacial score (nSPS) is 10.5. The second-order valence-corrected chi connectivity index (χ2v) is 2.86. The molecule has 3 nitrogen and oxygen atoms in total. The van der Waals surface area contributed by atoms with Crippen LogP contribution in [0.4, 0.5) is 0 Å². The van der Waals surface area contributed by atoms with E-state index in [1.54, 1.807) is 0 Å². The summed E-state index contributed by atoms with van der Waals surface area (Å²) in [5.41, 5.74) is 0. The zero-order chi connectivity index (χ0) is 8.27. The molecule has 0 spiro atoms. The molecule has 0 aliphatic carbocycles. The standard InChI is InChI=1S/C8H11NO2/c1-6(2)5-7(10)8-9-3-4-11-8/h3-4,6H,5H2,1-2H3. The van der Waals surface area contributed by atoms with Crippen LogP contribution in [0.25, 0.3) is 0 Å². The molecule has 0 bridgehead atoms. The number of oxazole rings is 1. The second-order valence-electron chi connectivity index (χ2n) is 2.86. The largest absolute Gasteiger partial charge is 0.442 e. The van der Waals surface area contributed by atoms with Gasteiger partial charge in [0.15, 0.2) is 0 Å². The first-order chi connectivity index (χ1) is 5.20. The van der Waals surface area contributed by atoms with Crippen molar-refractivity contribution in [3.05, 3.63) is 18.4 Å². The lowest BCUT2D eigenvalue weighted by atomic mass is 10.1. The van der Waals surface area contributed by atoms with Crippen LogP contribution in [-0.2, 0) is 0 Å². The van der Waals surface area contributed by atoms with E-state index in [2.05, 4.69) is 4.98 Å². The van der Waals surface area contributed by atoms with Gasteiger partial charge in [0.25, 0.3) is 5.89 Å². The molecule has 0 amide bonds. The van der Waals surface area contributed by atoms with Crippen molar-refractivity contribution in [1.82, 2.24) is 4.98 Å². The highest BCUT2D eigenvalue weighted by molar-refractivity contribution is 5.91. The van der Waals surface area contributed by atoms with E-state index < -0.39 is 0 Å². The lowest BCUT2D eigenvalue weighted by molar-refractivity contribution is 0.0934. The molecule has 0 unspecified atom stereocenters. The molecular weight excluding hydrogens is 142 g/mol. The fourth-order valence-corrected chi connectivity index (χ4v) is 0.819. The third kappa shape index (κ3) is 2.18. The van der Waals surface area contributed by atoms with E-state index in [0.29, 0.717) is 12.3 Å². The van der Waals surface area contributed by atoms with Crippen LogP contribution < -0.4 is 0 Å². The first-order valence-corrected chi connectivity index (χ1v) is 3.63. The SMILES string of the molecule is CC(C)CC(=O)c1ncco1. The molecule has 0 aliphatic heterocycles. The van der Waals surface area contributed by atoms with Crippen LogP contribution >= 0.6 is 0 Å². The molecule has 0 N–H and O–H groups in total. The summed E-state index contributed by atoms with van der Waals surface area (Å²) in [7, 11) is 0. The minimum Gasteiger partial charge on any atom is -0.442 e. The van der Waals surface area contributed by atoms with Gasteiger partial charge in [0.2, 0.25) is 5.78 Å². The van der Waals surface area contributed by atoms with E-state index in [9.17, 15) is 4.79 Å². The summed E-state index contributed by atoms with van der Waals surface area (Å²) >= 11 is 0. The summed E-state index contributed by atoms with van der Waals surface area (Å²) in [6.45, 7) is 3.97. The Morgan fingerprint density at radius 3 is 2.91 bits per heavy atom. The summed E-state index contributed by atoms with van der Waals surface area (Å²) in [4.78, 5) is 14.9. The van der Waals surface area contributed by atoms with Crippen molar-refractivity contribution in [2.45, 2.75) is 20.3 Å². The summed E-state index contributed by atoms with van der Waals surface area (Å²) < 4.78 is 4.84. The highest BCUT2D eigenvalue weighted by atomic mass is 16.3. The highest BCUT2D eigenvalue weighted by Gasteiger charge is 2.11. The summed E-state index contributed by atoms with van der Waals surface area (Å²) in [5.74, 6) is 0.554. The van der Waals surface area contributed by atoms with Crippen molar-refractivity contribution in [1.29, 1.82) is 0 Å². The molecule has 0 aliphatic rings. The van der Waals surface area contributed by atoms with E-state index in [1.165, 1.54) is 12.5 Å². The van der Waals surface area contributed by atoms with E-state index in [1.807, 2.05) is 13.8 Å². The number of carbonyl (C=O) groups is 1. The molecule has 1 rings (SSSR count). The first kappa shape index (κ1) is 7.98. The van der Waals surface area contributed by atoms with Gasteiger partial charge < -0.3 is 4.42 Å². The van der Waals surface area contributed by atoms with Crippen molar-refractivity contribution < 1.29 is 9.21 Å². The Morgan fingerprint density at radius 2 is 2.45 bits per heavy atom. The topological polar surface area (TPSA) is 43.1 Å². The highest BCUT2D eigenvalue weighted by Crippen LogP contribution is 2.06. The lowest BCUT2D eigenvalue weighted by Crippen LogP contribution is -2.03. The maximum absolute atomic E-state index is 11.2. The van der Waals surface area contributed by atoms with Crippen molar-refractivity contribution >= 4 is 5.78 Å². The fourth-order valence-electron chi connectivity index (χ4n) is 0.819. The van der Waals surface area contributed by atoms with Crippen LogP contribution in [0.2, 0.25) is 0 Å². The smallest absolute Gasteiger partial charge is 0.263 e. The van der Waals surface area contributed by atoms with Gasteiger partial charge in [-0.15, -0.1) is 0 Å². The van der Waals surface area contributed by atoms with Crippen LogP contribution in [0, 0.1) is 5.92 Å². The molecule has 0 fully saturated rings. The van der Waals surface area contributed by atoms with Crippen LogP contribution in [0.3, 0.4) is 0 Å². The van der Waals surface area contributed by atoms with Crippen LogP contribution in [0.15, 0.2) is 16.9 Å². The van der Waals surface area contributed by atoms with Gasteiger partial charge in [0.1, 0.15) is 6.26 Å². The van der Waals surface area contributed by atoms with Crippen LogP contribution in [0.1, 0.15) is 31.0 Å². The predicted octanol–water partition coefficient (Wildman–Crippen LogP) is 1.90. The molecule has 0 radical (unpaired) electrons. The molecular formula is C8H11NO2. The molecule has 0 atom stereocenters. The van der Waals surface area contributed by atoms with Crippen LogP contribution in [-0.4, -0.2) is 10.8 Å². The Labute approximate surface area is 65.4 Å². The molecule has 3 heteroatoms. The van der Waals surface area contributed by atoms with Gasteiger partial charge >= 0.3 is 0 Å². The van der Waals surface area contributed by atoms with Gasteiger partial charge in [-0.25, -0.2) is 4.98 Å². The van der Waals surface area contributed by atoms with Crippen molar-refractivity contribution in [2.75, 3.05) is 0 Å². The van der Waals surface area contributed by atoms with E-state index in [0.717, 1.165) is 0 Å². The predicted molar refractivity (Wildman–Crippen MR) is 40.3 cm³/mol. The minimum atomic E-state index is -0.0231. The molecule has 1 heterocycles. The van der Waals surface area contributed by atoms with Crippen LogP contribution in [0.5, 0.6) is 0 Å². The zero-order valence-electron chi connectivity index (χ0n) is 6.70. The molecule has 0 aromatic carbocycles. The van der Waals surface area contributed by atoms with Gasteiger partial charge in [-0.3, -0.25) is 4.79 Å². The number of nitrogens with zero attached hydrogens (tertiary/aromatic N) is 1. The first-order valence-electron chi connectivity index (χ1n) is 3.63. The van der Waals surface area contributed by atoms with E-state index in [4.69, 9.17) is 4.42 Å². The number of rotatable bonds is 3. The molecule has 0 saturated carbocycles. The van der Waals surface area contributed by atoms with Gasteiger partial charge in [-0.05, 0) is 5.92 Å². The summed E-state index contributed by atoms with van der Waals surface area (Å²) in [6, 6.07) is 0. The van der Waals surface area contributed by atoms with Crippen molar-refractivity contribution in [2.24, 2.45) is 5.92 Å². The molecule has 60 valence electrons. The van der Waals surface area contributed by atoms with Gasteiger partial charge in [0, 0.05) is 6.42 Å². The number of hydrogen-bond acceptors (Lipinski definition) is 3. The number of Topliss-reactive ketones (excluding diaryl/α,β-unsaturated/α-hetero) is 1. The molecule has 11 heavy (non-hydrogen) atoms. The number of ketones is 1. The third-order valence-corrected chi connectivity index (χ3v) is 1.26. The number of aromatic nitrogens is 1. The fraction of sp³-hybridized carbons (Fsp3) is 0.500. The second kappa shape index (κ2) is 3.32. The summed E-state index contributed by atoms with van der Waals surface area (Å²) in [5, 5.41) is 0. The average Bonchev–Trinajstić information content (AvgIpc) is 2.35. The maximum Gasteiger partial charge on any atom is 0.263 e. The third-order valence-electron chi connectivity index (χ3n) is 1.26. The van der Waals surface area contributed by atoms with E-state index >= 15 is 0 Å². The summed E-state index contributed by atoms with van der Waals surface area (Å²) in [6.07, 6.45) is 3.39. The molecule has 1 aromatic rings. The Kier molecular flexibility index (Phi) is 2.41. The Bertz CT molecular complexity index is 226. The zero-order valence-corrected chi connectivity index (χ0v) is 6.70. The molecule has 1 aromatic heterocycles. The number of carbonyl (C=O) groups excluding carboxylic acids is 1. The van der Waals surface area contributed by atoms with Gasteiger partial charge in [0.05, 0.1) is 6.20 Å². The Hall–Kier alpha value is -1.12. The van der Waals surface area contributed by atoms with Crippen molar-refractivity contribution in [3.8, 4) is 0 Å². The van der Waals surface area contributed by atoms with Gasteiger partial charge in [-0.1, -0.05) is 13.8 Å². The maximum atomic E-state index is 11.2. The number of hydrogen-bond donors (Lipinski definition) is 0. The quantitative estimate of drug-likeness (QED) is 0.623. The van der Waals surface area contributed by atoms with E-state index in [-0.39, 0.29) is 11.7 Å². The average molecular weight is 153 g/mol. The molecule has 0 saturated heterocycles. The minimum absolute atomic E-state index is 0.0231. The monoisotopic (exact) mass is 153 g/mol.